The van der Waals surface area contributed by atoms with Crippen LogP contribution in [0.15, 0.2) is 11.4 Å². The maximum absolute atomic E-state index is 12.2. The largest absolute Gasteiger partial charge is 0.317 e. The van der Waals surface area contributed by atoms with Gasteiger partial charge < -0.3 is 10.2 Å². The predicted octanol–water partition coefficient (Wildman–Crippen LogP) is 2.41. The fourth-order valence-electron chi connectivity index (χ4n) is 2.29. The van der Waals surface area contributed by atoms with Gasteiger partial charge in [-0.15, -0.1) is 11.3 Å². The van der Waals surface area contributed by atoms with Gasteiger partial charge in [-0.2, -0.15) is 0 Å². The van der Waals surface area contributed by atoms with Crippen molar-refractivity contribution in [2.45, 2.75) is 26.2 Å². The molecule has 4 heteroatoms. The number of hydrogen-bond donors (Lipinski definition) is 1. The molecule has 1 fully saturated rings. The monoisotopic (exact) mass is 252 g/mol. The Labute approximate surface area is 107 Å². The van der Waals surface area contributed by atoms with E-state index in [2.05, 4.69) is 18.3 Å². The molecule has 0 aliphatic carbocycles. The maximum atomic E-state index is 12.2. The molecule has 1 aromatic rings. The van der Waals surface area contributed by atoms with Crippen LogP contribution in [-0.4, -0.2) is 26.0 Å². The van der Waals surface area contributed by atoms with Gasteiger partial charge in [0.2, 0.25) is 5.91 Å². The second kappa shape index (κ2) is 5.65. The lowest BCUT2D eigenvalue weighted by Crippen LogP contribution is -2.33. The summed E-state index contributed by atoms with van der Waals surface area (Å²) >= 11 is 1.64. The first kappa shape index (κ1) is 12.6. The van der Waals surface area contributed by atoms with E-state index in [0.717, 1.165) is 30.9 Å². The highest BCUT2D eigenvalue weighted by Gasteiger charge is 2.20. The lowest BCUT2D eigenvalue weighted by atomic mass is 9.94. The van der Waals surface area contributed by atoms with E-state index in [4.69, 9.17) is 0 Å². The van der Waals surface area contributed by atoms with E-state index in [1.165, 1.54) is 5.56 Å². The standard InChI is InChI=1S/C13H20N2OS/c1-10-5-8-17-13(10)15(2)12(16)9-11-3-6-14-7-4-11/h5,8,11,14H,3-4,6-7,9H2,1-2H3. The zero-order valence-corrected chi connectivity index (χ0v) is 11.3. The Kier molecular flexibility index (Phi) is 4.18. The smallest absolute Gasteiger partial charge is 0.227 e. The Morgan fingerprint density at radius 1 is 1.53 bits per heavy atom. The van der Waals surface area contributed by atoms with Crippen molar-refractivity contribution < 1.29 is 4.79 Å². The van der Waals surface area contributed by atoms with E-state index in [0.29, 0.717) is 12.3 Å². The SMILES string of the molecule is Cc1ccsc1N(C)C(=O)CC1CCNCC1. The highest BCUT2D eigenvalue weighted by atomic mass is 32.1. The van der Waals surface area contributed by atoms with Gasteiger partial charge in [0.1, 0.15) is 5.00 Å². The van der Waals surface area contributed by atoms with Crippen LogP contribution in [0.1, 0.15) is 24.8 Å². The summed E-state index contributed by atoms with van der Waals surface area (Å²) in [6.45, 7) is 4.17. The number of aryl methyl sites for hydroxylation is 1. The van der Waals surface area contributed by atoms with Crippen molar-refractivity contribution in [3.05, 3.63) is 17.0 Å². The Balaban J connectivity index is 1.93. The second-order valence-corrected chi connectivity index (χ2v) is 5.65. The minimum Gasteiger partial charge on any atom is -0.317 e. The lowest BCUT2D eigenvalue weighted by Gasteiger charge is -2.24. The van der Waals surface area contributed by atoms with Crippen LogP contribution in [0.3, 0.4) is 0 Å². The molecule has 0 bridgehead atoms. The number of hydrogen-bond acceptors (Lipinski definition) is 3. The van der Waals surface area contributed by atoms with Crippen LogP contribution in [0.4, 0.5) is 5.00 Å². The van der Waals surface area contributed by atoms with Crippen LogP contribution in [0.25, 0.3) is 0 Å². The molecule has 0 spiro atoms. The molecule has 3 nitrogen and oxygen atoms in total. The van der Waals surface area contributed by atoms with Crippen LogP contribution in [-0.2, 0) is 4.79 Å². The van der Waals surface area contributed by atoms with E-state index < -0.39 is 0 Å². The molecule has 17 heavy (non-hydrogen) atoms. The molecule has 1 aromatic heterocycles. The fourth-order valence-corrected chi connectivity index (χ4v) is 3.21. The van der Waals surface area contributed by atoms with Crippen LogP contribution < -0.4 is 10.2 Å². The van der Waals surface area contributed by atoms with Crippen molar-refractivity contribution in [3.8, 4) is 0 Å². The summed E-state index contributed by atoms with van der Waals surface area (Å²) in [4.78, 5) is 14.0. The Bertz CT molecular complexity index is 383. The summed E-state index contributed by atoms with van der Waals surface area (Å²) in [6, 6.07) is 2.06. The van der Waals surface area contributed by atoms with Crippen molar-refractivity contribution in [2.24, 2.45) is 5.92 Å². The number of rotatable bonds is 3. The number of piperidine rings is 1. The Hall–Kier alpha value is -0.870. The third kappa shape index (κ3) is 3.07. The quantitative estimate of drug-likeness (QED) is 0.896. The molecule has 0 radical (unpaired) electrons. The summed E-state index contributed by atoms with van der Waals surface area (Å²) in [6.07, 6.45) is 2.95. The normalized spacial score (nSPS) is 17.1. The molecule has 1 amide bonds. The van der Waals surface area contributed by atoms with E-state index in [1.54, 1.807) is 11.3 Å². The third-order valence-corrected chi connectivity index (χ3v) is 4.53. The molecule has 94 valence electrons. The van der Waals surface area contributed by atoms with Crippen molar-refractivity contribution in [1.29, 1.82) is 0 Å². The summed E-state index contributed by atoms with van der Waals surface area (Å²) in [5, 5.41) is 6.46. The fraction of sp³-hybridized carbons (Fsp3) is 0.615. The minimum absolute atomic E-state index is 0.252. The highest BCUT2D eigenvalue weighted by Crippen LogP contribution is 2.27. The molecule has 1 N–H and O–H groups in total. The van der Waals surface area contributed by atoms with Gasteiger partial charge in [-0.05, 0) is 55.8 Å². The highest BCUT2D eigenvalue weighted by molar-refractivity contribution is 7.14. The Morgan fingerprint density at radius 2 is 2.24 bits per heavy atom. The number of carbonyl (C=O) groups is 1. The summed E-state index contributed by atoms with van der Waals surface area (Å²) < 4.78 is 0. The van der Waals surface area contributed by atoms with Gasteiger partial charge in [0, 0.05) is 13.5 Å². The molecule has 1 aliphatic rings. The minimum atomic E-state index is 0.252. The van der Waals surface area contributed by atoms with Gasteiger partial charge in [-0.3, -0.25) is 4.79 Å². The number of amides is 1. The first-order valence-electron chi connectivity index (χ1n) is 6.20. The molecule has 0 unspecified atom stereocenters. The zero-order valence-electron chi connectivity index (χ0n) is 10.5. The lowest BCUT2D eigenvalue weighted by molar-refractivity contribution is -0.119. The molecule has 0 aromatic carbocycles. The van der Waals surface area contributed by atoms with Gasteiger partial charge in [0.15, 0.2) is 0 Å². The number of carbonyl (C=O) groups excluding carboxylic acids is 1. The van der Waals surface area contributed by atoms with Crippen LogP contribution >= 0.6 is 11.3 Å². The topological polar surface area (TPSA) is 32.3 Å². The van der Waals surface area contributed by atoms with Crippen LogP contribution in [0.2, 0.25) is 0 Å². The molecular weight excluding hydrogens is 232 g/mol. The van der Waals surface area contributed by atoms with Gasteiger partial charge in [0.25, 0.3) is 0 Å². The number of nitrogens with zero attached hydrogens (tertiary/aromatic N) is 1. The predicted molar refractivity (Wildman–Crippen MR) is 72.7 cm³/mol. The number of anilines is 1. The van der Waals surface area contributed by atoms with Gasteiger partial charge >= 0.3 is 0 Å². The van der Waals surface area contributed by atoms with E-state index >= 15 is 0 Å². The average Bonchev–Trinajstić information content (AvgIpc) is 2.76. The summed E-state index contributed by atoms with van der Waals surface area (Å²) in [5.74, 6) is 0.814. The van der Waals surface area contributed by atoms with Gasteiger partial charge in [-0.1, -0.05) is 0 Å². The van der Waals surface area contributed by atoms with Crippen LogP contribution in [0, 0.1) is 12.8 Å². The number of nitrogens with one attached hydrogen (secondary N) is 1. The number of thiophene rings is 1. The van der Waals surface area contributed by atoms with Crippen molar-refractivity contribution in [2.75, 3.05) is 25.0 Å². The third-order valence-electron chi connectivity index (χ3n) is 3.44. The first-order chi connectivity index (χ1) is 8.18. The molecule has 2 rings (SSSR count). The molecule has 2 heterocycles. The molecule has 0 saturated carbocycles. The van der Waals surface area contributed by atoms with Crippen molar-refractivity contribution >= 4 is 22.2 Å². The van der Waals surface area contributed by atoms with E-state index in [-0.39, 0.29) is 5.91 Å². The van der Waals surface area contributed by atoms with Crippen molar-refractivity contribution in [3.63, 3.8) is 0 Å². The zero-order chi connectivity index (χ0) is 12.3. The van der Waals surface area contributed by atoms with E-state index in [9.17, 15) is 4.79 Å². The average molecular weight is 252 g/mol. The Morgan fingerprint density at radius 3 is 2.82 bits per heavy atom. The van der Waals surface area contributed by atoms with Gasteiger partial charge in [0.05, 0.1) is 0 Å². The van der Waals surface area contributed by atoms with Gasteiger partial charge in [-0.25, -0.2) is 0 Å². The second-order valence-electron chi connectivity index (χ2n) is 4.76. The molecule has 1 saturated heterocycles. The van der Waals surface area contributed by atoms with Crippen molar-refractivity contribution in [1.82, 2.24) is 5.32 Å². The summed E-state index contributed by atoms with van der Waals surface area (Å²) in [5.41, 5.74) is 1.19. The first-order valence-corrected chi connectivity index (χ1v) is 7.08. The molecule has 1 aliphatic heterocycles. The van der Waals surface area contributed by atoms with E-state index in [1.807, 2.05) is 17.3 Å². The summed E-state index contributed by atoms with van der Waals surface area (Å²) in [7, 11) is 1.89. The maximum Gasteiger partial charge on any atom is 0.227 e. The van der Waals surface area contributed by atoms with Crippen LogP contribution in [0.5, 0.6) is 0 Å². The molecule has 0 atom stereocenters. The molecular formula is C13H20N2OS.